The third-order valence-corrected chi connectivity index (χ3v) is 8.74. The van der Waals surface area contributed by atoms with Gasteiger partial charge < -0.3 is 18.9 Å². The molecule has 46 heavy (non-hydrogen) atoms. The van der Waals surface area contributed by atoms with Crippen molar-refractivity contribution in [1.29, 1.82) is 0 Å². The Kier molecular flexibility index (Phi) is 11.6. The molecule has 0 N–H and O–H groups in total. The van der Waals surface area contributed by atoms with Gasteiger partial charge in [-0.15, -0.1) is 0 Å². The second-order valence-electron chi connectivity index (χ2n) is 12.1. The molecule has 0 fully saturated rings. The molecule has 0 aromatic heterocycles. The zero-order valence-corrected chi connectivity index (χ0v) is 27.8. The SMILES string of the molecule is CC=COC(C)CCCOc1ccc(C2(c3ccc(OCCCC(C)OC=CC)cc3)c3ccccc3Cc3ccccc32)cc1. The number of hydrogen-bond donors (Lipinski definition) is 0. The molecule has 0 radical (unpaired) electrons. The zero-order chi connectivity index (χ0) is 32.2. The normalized spacial score (nSPS) is 14.8. The molecule has 4 aromatic rings. The predicted octanol–water partition coefficient (Wildman–Crippen LogP) is 10.2. The first-order chi connectivity index (χ1) is 22.6. The lowest BCUT2D eigenvalue weighted by Gasteiger charge is -2.42. The predicted molar refractivity (Wildman–Crippen MR) is 188 cm³/mol. The molecule has 0 bridgehead atoms. The van der Waals surface area contributed by atoms with Crippen molar-refractivity contribution in [2.24, 2.45) is 0 Å². The van der Waals surface area contributed by atoms with E-state index in [9.17, 15) is 0 Å². The molecule has 0 spiro atoms. The highest BCUT2D eigenvalue weighted by atomic mass is 16.5. The molecule has 4 aromatic carbocycles. The summed E-state index contributed by atoms with van der Waals surface area (Å²) in [5.74, 6) is 1.76. The summed E-state index contributed by atoms with van der Waals surface area (Å²) in [6, 6.07) is 35.2. The number of hydrogen-bond acceptors (Lipinski definition) is 4. The number of benzene rings is 4. The Labute approximate surface area is 275 Å². The summed E-state index contributed by atoms with van der Waals surface area (Å²) in [6.07, 6.45) is 12.4. The van der Waals surface area contributed by atoms with Gasteiger partial charge in [0.2, 0.25) is 0 Å². The van der Waals surface area contributed by atoms with E-state index in [4.69, 9.17) is 18.9 Å². The molecular weight excluding hydrogens is 568 g/mol. The summed E-state index contributed by atoms with van der Waals surface area (Å²) in [5, 5.41) is 0. The van der Waals surface area contributed by atoms with Crippen molar-refractivity contribution in [2.45, 2.75) is 77.4 Å². The molecule has 4 heteroatoms. The van der Waals surface area contributed by atoms with Gasteiger partial charge in [-0.1, -0.05) is 84.9 Å². The molecule has 240 valence electrons. The van der Waals surface area contributed by atoms with Crippen molar-refractivity contribution in [2.75, 3.05) is 13.2 Å². The molecule has 1 aliphatic rings. The molecule has 4 nitrogen and oxygen atoms in total. The molecule has 0 heterocycles. The molecule has 2 unspecified atom stereocenters. The Morgan fingerprint density at radius 1 is 0.587 bits per heavy atom. The van der Waals surface area contributed by atoms with E-state index in [0.29, 0.717) is 13.2 Å². The molecule has 2 atom stereocenters. The van der Waals surface area contributed by atoms with Gasteiger partial charge in [0, 0.05) is 0 Å². The van der Waals surface area contributed by atoms with Crippen molar-refractivity contribution in [3.05, 3.63) is 155 Å². The van der Waals surface area contributed by atoms with Crippen LogP contribution in [0, 0.1) is 0 Å². The van der Waals surface area contributed by atoms with Crippen LogP contribution in [0.4, 0.5) is 0 Å². The van der Waals surface area contributed by atoms with Crippen molar-refractivity contribution in [1.82, 2.24) is 0 Å². The molecule has 0 saturated heterocycles. The van der Waals surface area contributed by atoms with E-state index in [1.54, 1.807) is 12.5 Å². The van der Waals surface area contributed by atoms with Crippen LogP contribution in [0.2, 0.25) is 0 Å². The fourth-order valence-corrected chi connectivity index (χ4v) is 6.50. The number of rotatable bonds is 16. The van der Waals surface area contributed by atoms with Crippen LogP contribution < -0.4 is 9.47 Å². The minimum atomic E-state index is -0.471. The monoisotopic (exact) mass is 616 g/mol. The fraction of sp³-hybridized carbons (Fsp3) is 0.333. The van der Waals surface area contributed by atoms with E-state index < -0.39 is 5.41 Å². The molecule has 0 saturated carbocycles. The van der Waals surface area contributed by atoms with Crippen LogP contribution in [-0.4, -0.2) is 25.4 Å². The maximum atomic E-state index is 6.18. The zero-order valence-electron chi connectivity index (χ0n) is 27.8. The van der Waals surface area contributed by atoms with Crippen molar-refractivity contribution >= 4 is 0 Å². The largest absolute Gasteiger partial charge is 0.499 e. The first-order valence-electron chi connectivity index (χ1n) is 16.7. The van der Waals surface area contributed by atoms with Crippen LogP contribution in [0.15, 0.2) is 122 Å². The van der Waals surface area contributed by atoms with Crippen molar-refractivity contribution < 1.29 is 18.9 Å². The first kappa shape index (κ1) is 32.9. The summed E-state index contributed by atoms with van der Waals surface area (Å²) in [7, 11) is 0. The summed E-state index contributed by atoms with van der Waals surface area (Å²) >= 11 is 0. The summed E-state index contributed by atoms with van der Waals surface area (Å²) in [5.41, 5.74) is 7.31. The minimum Gasteiger partial charge on any atom is -0.499 e. The molecular formula is C42H48O4. The van der Waals surface area contributed by atoms with Gasteiger partial charge in [0.15, 0.2) is 0 Å². The quantitative estimate of drug-likeness (QED) is 0.0817. The molecule has 0 amide bonds. The number of fused-ring (bicyclic) bond motifs is 2. The lowest BCUT2D eigenvalue weighted by atomic mass is 9.60. The van der Waals surface area contributed by atoms with E-state index in [1.165, 1.54) is 33.4 Å². The average Bonchev–Trinajstić information content (AvgIpc) is 3.09. The molecule has 0 aliphatic heterocycles. The van der Waals surface area contributed by atoms with Crippen LogP contribution in [0.1, 0.15) is 86.8 Å². The van der Waals surface area contributed by atoms with Gasteiger partial charge in [-0.3, -0.25) is 0 Å². The minimum absolute atomic E-state index is 0.178. The van der Waals surface area contributed by atoms with Gasteiger partial charge in [0.05, 0.1) is 43.4 Å². The Morgan fingerprint density at radius 3 is 1.41 bits per heavy atom. The van der Waals surface area contributed by atoms with Crippen LogP contribution in [0.3, 0.4) is 0 Å². The Morgan fingerprint density at radius 2 is 1.00 bits per heavy atom. The van der Waals surface area contributed by atoms with Crippen LogP contribution in [0.25, 0.3) is 0 Å². The van der Waals surface area contributed by atoms with E-state index in [2.05, 4.69) is 111 Å². The average molecular weight is 617 g/mol. The Balaban J connectivity index is 1.41. The molecule has 1 aliphatic carbocycles. The van der Waals surface area contributed by atoms with Crippen molar-refractivity contribution in [3.63, 3.8) is 0 Å². The lowest BCUT2D eigenvalue weighted by Crippen LogP contribution is -2.36. The van der Waals surface area contributed by atoms with Gasteiger partial charge in [-0.05, 0) is 117 Å². The van der Waals surface area contributed by atoms with Gasteiger partial charge in [0.25, 0.3) is 0 Å². The van der Waals surface area contributed by atoms with E-state index in [1.807, 2.05) is 26.0 Å². The summed E-state index contributed by atoms with van der Waals surface area (Å²) in [4.78, 5) is 0. The first-order valence-corrected chi connectivity index (χ1v) is 16.7. The van der Waals surface area contributed by atoms with Crippen LogP contribution >= 0.6 is 0 Å². The second kappa shape index (κ2) is 16.2. The van der Waals surface area contributed by atoms with E-state index in [-0.39, 0.29) is 12.2 Å². The topological polar surface area (TPSA) is 36.9 Å². The maximum Gasteiger partial charge on any atom is 0.119 e. The number of allylic oxidation sites excluding steroid dienone is 2. The highest BCUT2D eigenvalue weighted by Gasteiger charge is 2.43. The van der Waals surface area contributed by atoms with E-state index >= 15 is 0 Å². The van der Waals surface area contributed by atoms with Crippen molar-refractivity contribution in [3.8, 4) is 11.5 Å². The second-order valence-corrected chi connectivity index (χ2v) is 12.1. The van der Waals surface area contributed by atoms with Gasteiger partial charge in [0.1, 0.15) is 11.5 Å². The number of ether oxygens (including phenoxy) is 4. The fourth-order valence-electron chi connectivity index (χ4n) is 6.50. The highest BCUT2D eigenvalue weighted by molar-refractivity contribution is 5.67. The van der Waals surface area contributed by atoms with E-state index in [0.717, 1.165) is 43.6 Å². The van der Waals surface area contributed by atoms with Gasteiger partial charge in [-0.25, -0.2) is 0 Å². The highest BCUT2D eigenvalue weighted by Crippen LogP contribution is 2.51. The van der Waals surface area contributed by atoms with Crippen LogP contribution in [0.5, 0.6) is 11.5 Å². The lowest BCUT2D eigenvalue weighted by molar-refractivity contribution is 0.142. The van der Waals surface area contributed by atoms with Gasteiger partial charge in [-0.2, -0.15) is 0 Å². The summed E-state index contributed by atoms with van der Waals surface area (Å²) < 4.78 is 23.6. The van der Waals surface area contributed by atoms with Crippen LogP contribution in [-0.2, 0) is 21.3 Å². The third-order valence-electron chi connectivity index (χ3n) is 8.74. The third kappa shape index (κ3) is 7.67. The summed E-state index contributed by atoms with van der Waals surface area (Å²) in [6.45, 7) is 9.42. The molecule has 5 rings (SSSR count). The van der Waals surface area contributed by atoms with Gasteiger partial charge >= 0.3 is 0 Å². The Bertz CT molecular complexity index is 1450. The smallest absolute Gasteiger partial charge is 0.119 e. The standard InChI is InChI=1S/C42H48O4/c1-5-27-43-32(3)13-11-29-45-38-23-19-36(20-24-38)42(40-17-9-7-15-34(40)31-35-16-8-10-18-41(35)42)37-21-25-39(26-22-37)46-30-12-14-33(4)44-28-6-2/h5-10,15-28,32-33H,11-14,29-31H2,1-4H3. The Hall–Kier alpha value is -4.44. The maximum absolute atomic E-state index is 6.18.